The molecule has 0 saturated carbocycles. The number of para-hydroxylation sites is 1. The van der Waals surface area contributed by atoms with Gasteiger partial charge >= 0.3 is 0 Å². The van der Waals surface area contributed by atoms with E-state index in [2.05, 4.69) is 36.6 Å². The molecule has 2 aromatic rings. The summed E-state index contributed by atoms with van der Waals surface area (Å²) in [5, 5.41) is 0. The maximum atomic E-state index is 13.5. The van der Waals surface area contributed by atoms with E-state index in [-0.39, 0.29) is 16.1 Å². The Hall–Kier alpha value is -1.12. The van der Waals surface area contributed by atoms with Crippen LogP contribution in [0.15, 0.2) is 44.2 Å². The number of hydrogen-bond acceptors (Lipinski definition) is 3. The molecule has 0 aromatic heterocycles. The van der Waals surface area contributed by atoms with Crippen molar-refractivity contribution in [2.24, 2.45) is 0 Å². The summed E-state index contributed by atoms with van der Waals surface area (Å²) >= 11 is 6.54. The maximum Gasteiger partial charge on any atom is 0.262 e. The molecule has 0 radical (unpaired) electrons. The Morgan fingerprint density at radius 3 is 2.29 bits per heavy atom. The molecule has 4 nitrogen and oxygen atoms in total. The highest BCUT2D eigenvalue weighted by Gasteiger charge is 2.19. The molecule has 112 valence electrons. The van der Waals surface area contributed by atoms with Crippen molar-refractivity contribution in [3.63, 3.8) is 0 Å². The first-order chi connectivity index (χ1) is 9.72. The van der Waals surface area contributed by atoms with Crippen LogP contribution in [0.25, 0.3) is 0 Å². The Balaban J connectivity index is 2.49. The summed E-state index contributed by atoms with van der Waals surface area (Å²) < 4.78 is 41.9. The monoisotopic (exact) mass is 436 g/mol. The first-order valence-electron chi connectivity index (χ1n) is 5.75. The Kier molecular flexibility index (Phi) is 4.60. The largest absolute Gasteiger partial charge is 0.396 e. The predicted molar refractivity (Wildman–Crippen MR) is 88.2 cm³/mol. The number of halogens is 3. The molecule has 0 heterocycles. The molecule has 0 aliphatic rings. The molecule has 0 aliphatic heterocycles. The molecule has 2 rings (SSSR count). The van der Waals surface area contributed by atoms with Gasteiger partial charge in [0.05, 0.1) is 16.3 Å². The van der Waals surface area contributed by atoms with Crippen molar-refractivity contribution in [1.29, 1.82) is 0 Å². The van der Waals surface area contributed by atoms with Crippen LogP contribution in [0.1, 0.15) is 5.56 Å². The van der Waals surface area contributed by atoms with Crippen molar-refractivity contribution in [3.8, 4) is 0 Å². The first kappa shape index (κ1) is 16.3. The highest BCUT2D eigenvalue weighted by atomic mass is 79.9. The number of nitrogens with one attached hydrogen (secondary N) is 1. The second-order valence-corrected chi connectivity index (χ2v) is 7.74. The van der Waals surface area contributed by atoms with E-state index in [1.54, 1.807) is 18.2 Å². The number of benzene rings is 2. The summed E-state index contributed by atoms with van der Waals surface area (Å²) in [6.07, 6.45) is 0. The van der Waals surface area contributed by atoms with Crippen LogP contribution in [0, 0.1) is 12.7 Å². The first-order valence-corrected chi connectivity index (χ1v) is 8.82. The molecule has 0 saturated heterocycles. The van der Waals surface area contributed by atoms with Crippen LogP contribution in [0.3, 0.4) is 0 Å². The zero-order chi connectivity index (χ0) is 15.8. The van der Waals surface area contributed by atoms with Crippen molar-refractivity contribution in [3.05, 3.63) is 50.7 Å². The summed E-state index contributed by atoms with van der Waals surface area (Å²) in [6.45, 7) is 1.46. The summed E-state index contributed by atoms with van der Waals surface area (Å²) in [4.78, 5) is -0.0958. The highest BCUT2D eigenvalue weighted by molar-refractivity contribution is 9.11. The highest BCUT2D eigenvalue weighted by Crippen LogP contribution is 2.33. The number of anilines is 2. The van der Waals surface area contributed by atoms with E-state index in [0.717, 1.165) is 6.07 Å². The third-order valence-corrected chi connectivity index (χ3v) is 5.42. The maximum absolute atomic E-state index is 13.5. The summed E-state index contributed by atoms with van der Waals surface area (Å²) in [5.41, 5.74) is 5.81. The van der Waals surface area contributed by atoms with Crippen LogP contribution in [-0.2, 0) is 10.0 Å². The van der Waals surface area contributed by atoms with Gasteiger partial charge in [-0.3, -0.25) is 4.72 Å². The molecule has 8 heteroatoms. The lowest BCUT2D eigenvalue weighted by molar-refractivity contribution is 0.599. The molecule has 3 N–H and O–H groups in total. The lowest BCUT2D eigenvalue weighted by Crippen LogP contribution is -2.14. The Bertz CT molecular complexity index is 767. The van der Waals surface area contributed by atoms with Crippen LogP contribution < -0.4 is 10.5 Å². The van der Waals surface area contributed by atoms with E-state index in [9.17, 15) is 12.8 Å². The third kappa shape index (κ3) is 3.38. The lowest BCUT2D eigenvalue weighted by Gasteiger charge is -2.13. The minimum atomic E-state index is -3.88. The fourth-order valence-corrected chi connectivity index (χ4v) is 4.39. The topological polar surface area (TPSA) is 72.2 Å². The average Bonchev–Trinajstić information content (AvgIpc) is 2.40. The minimum absolute atomic E-state index is 0.0958. The summed E-state index contributed by atoms with van der Waals surface area (Å²) in [5.74, 6) is -0.615. The smallest absolute Gasteiger partial charge is 0.262 e. The zero-order valence-electron chi connectivity index (χ0n) is 10.8. The summed E-state index contributed by atoms with van der Waals surface area (Å²) in [7, 11) is -3.88. The van der Waals surface area contributed by atoms with Gasteiger partial charge in [-0.25, -0.2) is 12.8 Å². The Morgan fingerprint density at radius 2 is 1.76 bits per heavy atom. The van der Waals surface area contributed by atoms with Gasteiger partial charge < -0.3 is 5.73 Å². The van der Waals surface area contributed by atoms with Gasteiger partial charge in [0.25, 0.3) is 10.0 Å². The van der Waals surface area contributed by atoms with Crippen molar-refractivity contribution in [1.82, 2.24) is 0 Å². The lowest BCUT2D eigenvalue weighted by atomic mass is 10.2. The normalized spacial score (nSPS) is 11.4. The number of rotatable bonds is 3. The van der Waals surface area contributed by atoms with Crippen LogP contribution in [0.2, 0.25) is 0 Å². The minimum Gasteiger partial charge on any atom is -0.396 e. The van der Waals surface area contributed by atoms with Crippen LogP contribution >= 0.6 is 31.9 Å². The van der Waals surface area contributed by atoms with Gasteiger partial charge in [-0.05, 0) is 68.6 Å². The predicted octanol–water partition coefficient (Wildman–Crippen LogP) is 4.04. The van der Waals surface area contributed by atoms with Crippen molar-refractivity contribution in [2.45, 2.75) is 11.8 Å². The molecule has 0 spiro atoms. The van der Waals surface area contributed by atoms with Crippen molar-refractivity contribution in [2.75, 3.05) is 10.5 Å². The fraction of sp³-hybridized carbons (Fsp3) is 0.0769. The van der Waals surface area contributed by atoms with Gasteiger partial charge in [0.1, 0.15) is 5.82 Å². The molecule has 0 aliphatic carbocycles. The van der Waals surface area contributed by atoms with E-state index in [4.69, 9.17) is 5.73 Å². The zero-order valence-corrected chi connectivity index (χ0v) is 14.8. The third-order valence-electron chi connectivity index (χ3n) is 2.77. The standard InChI is InChI=1S/C13H11Br2FN2O2S/c1-7-5-8(6-11(17)12(7)16)21(19,20)18-13-9(14)3-2-4-10(13)15/h2-6,18H,17H2,1H3. The number of sulfonamides is 1. The van der Waals surface area contributed by atoms with Gasteiger partial charge in [0.15, 0.2) is 0 Å². The molecule has 0 fully saturated rings. The van der Waals surface area contributed by atoms with Gasteiger partial charge in [-0.2, -0.15) is 0 Å². The number of aryl methyl sites for hydroxylation is 1. The van der Waals surface area contributed by atoms with E-state index in [1.165, 1.54) is 13.0 Å². The summed E-state index contributed by atoms with van der Waals surface area (Å²) in [6, 6.07) is 7.49. The van der Waals surface area contributed by atoms with Gasteiger partial charge in [-0.1, -0.05) is 6.07 Å². The van der Waals surface area contributed by atoms with E-state index in [1.807, 2.05) is 0 Å². The van der Waals surface area contributed by atoms with E-state index >= 15 is 0 Å². The molecule has 21 heavy (non-hydrogen) atoms. The van der Waals surface area contributed by atoms with Crippen LogP contribution in [0.5, 0.6) is 0 Å². The second-order valence-electron chi connectivity index (χ2n) is 4.35. The number of nitrogens with two attached hydrogens (primary N) is 1. The molecule has 0 bridgehead atoms. The number of hydrogen-bond donors (Lipinski definition) is 2. The van der Waals surface area contributed by atoms with Crippen molar-refractivity contribution >= 4 is 53.3 Å². The average molecular weight is 438 g/mol. The fourth-order valence-electron chi connectivity index (χ4n) is 1.71. The quantitative estimate of drug-likeness (QED) is 0.711. The molecule has 0 unspecified atom stereocenters. The Morgan fingerprint density at radius 1 is 1.19 bits per heavy atom. The Labute approximate surface area is 138 Å². The molecule has 0 atom stereocenters. The molecular weight excluding hydrogens is 427 g/mol. The van der Waals surface area contributed by atoms with Gasteiger partial charge in [0, 0.05) is 8.95 Å². The molecule has 2 aromatic carbocycles. The van der Waals surface area contributed by atoms with Crippen LogP contribution in [-0.4, -0.2) is 8.42 Å². The van der Waals surface area contributed by atoms with E-state index < -0.39 is 15.8 Å². The molecular formula is C13H11Br2FN2O2S. The van der Waals surface area contributed by atoms with Crippen LogP contribution in [0.4, 0.5) is 15.8 Å². The van der Waals surface area contributed by atoms with Crippen molar-refractivity contribution < 1.29 is 12.8 Å². The van der Waals surface area contributed by atoms with Gasteiger partial charge in [0.2, 0.25) is 0 Å². The SMILES string of the molecule is Cc1cc(S(=O)(=O)Nc2c(Br)cccc2Br)cc(N)c1F. The van der Waals surface area contributed by atoms with E-state index in [0.29, 0.717) is 14.6 Å². The van der Waals surface area contributed by atoms with Gasteiger partial charge in [-0.15, -0.1) is 0 Å². The molecule has 0 amide bonds. The second kappa shape index (κ2) is 5.94. The number of nitrogen functional groups attached to an aromatic ring is 1.